The number of ether oxygens (including phenoxy) is 3. The van der Waals surface area contributed by atoms with Gasteiger partial charge in [-0.1, -0.05) is 38.1 Å². The Hall–Kier alpha value is -4.07. The van der Waals surface area contributed by atoms with Crippen LogP contribution in [0.5, 0.6) is 0 Å². The van der Waals surface area contributed by atoms with E-state index in [2.05, 4.69) is 10.7 Å². The smallest absolute Gasteiger partial charge is 0.321 e. The van der Waals surface area contributed by atoms with Crippen molar-refractivity contribution >= 4 is 46.5 Å². The molecule has 236 valence electrons. The Morgan fingerprint density at radius 3 is 2.45 bits per heavy atom. The van der Waals surface area contributed by atoms with E-state index in [1.54, 1.807) is 52.0 Å². The van der Waals surface area contributed by atoms with E-state index < -0.39 is 47.3 Å². The zero-order valence-electron chi connectivity index (χ0n) is 25.7. The van der Waals surface area contributed by atoms with Crippen molar-refractivity contribution in [1.29, 1.82) is 0 Å². The number of carbonyl (C=O) groups excluding carboxylic acids is 4. The average molecular weight is 609 g/mol. The van der Waals surface area contributed by atoms with Gasteiger partial charge in [-0.05, 0) is 49.4 Å². The summed E-state index contributed by atoms with van der Waals surface area (Å²) in [7, 11) is 3.41. The minimum atomic E-state index is -1.30. The normalized spacial score (nSPS) is 26.2. The summed E-state index contributed by atoms with van der Waals surface area (Å²) >= 11 is 0. The first kappa shape index (κ1) is 31.4. The number of cyclic esters (lactones) is 1. The molecule has 0 saturated carbocycles. The second-order valence-electron chi connectivity index (χ2n) is 11.9. The molecular weight excluding hydrogens is 568 g/mol. The van der Waals surface area contributed by atoms with Crippen LogP contribution in [-0.4, -0.2) is 97.5 Å². The minimum absolute atomic E-state index is 0.00654. The summed E-state index contributed by atoms with van der Waals surface area (Å²) in [5.74, 6) is -1.76. The summed E-state index contributed by atoms with van der Waals surface area (Å²) in [6.07, 6.45) is 3.41. The number of fused-ring (bicyclic) bond motifs is 4. The molecule has 13 heteroatoms. The van der Waals surface area contributed by atoms with Crippen LogP contribution in [0.1, 0.15) is 39.2 Å². The first-order chi connectivity index (χ1) is 21.0. The van der Waals surface area contributed by atoms with Gasteiger partial charge in [0.05, 0.1) is 18.7 Å². The lowest BCUT2D eigenvalue weighted by Gasteiger charge is -2.38. The van der Waals surface area contributed by atoms with Gasteiger partial charge in [-0.25, -0.2) is 10.4 Å². The third kappa shape index (κ3) is 6.40. The molecule has 4 heterocycles. The maximum Gasteiger partial charge on any atom is 0.321 e. The number of nitrogens with one attached hydrogen (secondary N) is 2. The lowest BCUT2D eigenvalue weighted by molar-refractivity contribution is -0.192. The lowest BCUT2D eigenvalue weighted by Crippen LogP contribution is -2.62. The molecule has 2 N–H and O–H groups in total. The number of hydrazine groups is 2. The van der Waals surface area contributed by atoms with Crippen molar-refractivity contribution in [2.75, 3.05) is 45.7 Å². The van der Waals surface area contributed by atoms with Crippen molar-refractivity contribution in [3.05, 3.63) is 42.0 Å². The fourth-order valence-electron chi connectivity index (χ4n) is 5.46. The molecule has 1 aromatic carbocycles. The predicted molar refractivity (Wildman–Crippen MR) is 161 cm³/mol. The summed E-state index contributed by atoms with van der Waals surface area (Å²) in [6.45, 7) is 5.50. The number of amides is 3. The highest BCUT2D eigenvalue weighted by Crippen LogP contribution is 2.30. The van der Waals surface area contributed by atoms with Gasteiger partial charge in [0, 0.05) is 26.0 Å². The molecule has 2 aromatic rings. The Morgan fingerprint density at radius 1 is 1.00 bits per heavy atom. The van der Waals surface area contributed by atoms with Crippen molar-refractivity contribution < 1.29 is 33.4 Å². The van der Waals surface area contributed by atoms with Crippen LogP contribution in [0, 0.1) is 11.3 Å². The molecule has 2 fully saturated rings. The summed E-state index contributed by atoms with van der Waals surface area (Å²) in [5.41, 5.74) is 3.21. The topological polar surface area (TPSA) is 143 Å². The van der Waals surface area contributed by atoms with Gasteiger partial charge in [-0.15, -0.1) is 0 Å². The molecule has 3 aliphatic rings. The third-order valence-electron chi connectivity index (χ3n) is 8.27. The number of rotatable bonds is 1. The number of aromatic nitrogens is 1. The first-order valence-corrected chi connectivity index (χ1v) is 14.8. The molecule has 1 spiro atoms. The number of esters is 1. The van der Waals surface area contributed by atoms with E-state index in [0.717, 1.165) is 10.9 Å². The molecule has 5 rings (SSSR count). The molecule has 13 nitrogen and oxygen atoms in total. The van der Waals surface area contributed by atoms with Crippen molar-refractivity contribution in [2.24, 2.45) is 11.3 Å². The minimum Gasteiger partial charge on any atom is -0.451 e. The van der Waals surface area contributed by atoms with E-state index in [4.69, 9.17) is 19.2 Å². The van der Waals surface area contributed by atoms with Crippen LogP contribution in [0.2, 0.25) is 0 Å². The number of hydrogen-bond donors (Lipinski definition) is 2. The van der Waals surface area contributed by atoms with Gasteiger partial charge in [0.1, 0.15) is 30.1 Å². The van der Waals surface area contributed by atoms with E-state index >= 15 is 0 Å². The molecule has 0 radical (unpaired) electrons. The van der Waals surface area contributed by atoms with Gasteiger partial charge in [0.2, 0.25) is 0 Å². The largest absolute Gasteiger partial charge is 0.451 e. The van der Waals surface area contributed by atoms with E-state index in [1.165, 1.54) is 10.0 Å². The van der Waals surface area contributed by atoms with Gasteiger partial charge in [0.15, 0.2) is 6.10 Å². The maximum atomic E-state index is 13.7. The van der Waals surface area contributed by atoms with Crippen molar-refractivity contribution in [1.82, 2.24) is 25.7 Å². The Labute approximate surface area is 256 Å². The Balaban J connectivity index is 1.55. The first-order valence-electron chi connectivity index (χ1n) is 14.8. The van der Waals surface area contributed by atoms with Crippen LogP contribution in [0.15, 0.2) is 36.4 Å². The highest BCUT2D eigenvalue weighted by atomic mass is 16.7. The summed E-state index contributed by atoms with van der Waals surface area (Å²) in [5, 5.41) is 8.10. The number of benzene rings is 1. The molecule has 0 aliphatic carbocycles. The van der Waals surface area contributed by atoms with Crippen molar-refractivity contribution in [2.45, 2.75) is 51.8 Å². The van der Waals surface area contributed by atoms with Crippen molar-refractivity contribution in [3.63, 3.8) is 0 Å². The standard InChI is InChI=1S/C31H40N6O7/c1-19(2)26-27(38)32-20(3)28(39)37-14-6-7-23(34-37)29(40)36(5)35(4)25-11-10-22-9-8-21(15-24(22)33-25)12-13-31(30(41)44-26)16-42-18-43-17-31/h8-13,15,19-20,23,26,34H,6-7,14,16-18H2,1-5H3,(H,32,38)/b13-12+. The molecule has 3 amide bonds. The molecule has 5 bridgehead atoms. The van der Waals surface area contributed by atoms with Crippen molar-refractivity contribution in [3.8, 4) is 0 Å². The van der Waals surface area contributed by atoms with E-state index in [1.807, 2.05) is 30.3 Å². The summed E-state index contributed by atoms with van der Waals surface area (Å²) in [6, 6.07) is 7.86. The second kappa shape index (κ2) is 12.9. The highest BCUT2D eigenvalue weighted by Gasteiger charge is 2.44. The fraction of sp³-hybridized carbons (Fsp3) is 0.516. The lowest BCUT2D eigenvalue weighted by atomic mass is 9.88. The van der Waals surface area contributed by atoms with E-state index in [9.17, 15) is 19.2 Å². The van der Waals surface area contributed by atoms with Crippen LogP contribution in [-0.2, 0) is 33.4 Å². The maximum absolute atomic E-state index is 13.7. The number of hydrogen-bond acceptors (Lipinski definition) is 10. The molecule has 3 atom stereocenters. The van der Waals surface area contributed by atoms with E-state index in [0.29, 0.717) is 30.7 Å². The summed E-state index contributed by atoms with van der Waals surface area (Å²) < 4.78 is 16.9. The van der Waals surface area contributed by atoms with Crippen LogP contribution in [0.4, 0.5) is 5.82 Å². The number of nitrogens with zero attached hydrogens (tertiary/aromatic N) is 4. The van der Waals surface area contributed by atoms with Gasteiger partial charge in [0.25, 0.3) is 17.7 Å². The molecule has 2 saturated heterocycles. The Kier molecular flexibility index (Phi) is 9.18. The quantitative estimate of drug-likeness (QED) is 0.459. The highest BCUT2D eigenvalue weighted by molar-refractivity contribution is 5.92. The van der Waals surface area contributed by atoms with E-state index in [-0.39, 0.29) is 25.9 Å². The summed E-state index contributed by atoms with van der Waals surface area (Å²) in [4.78, 5) is 58.8. The zero-order valence-corrected chi connectivity index (χ0v) is 25.7. The molecule has 3 aliphatic heterocycles. The SMILES string of the molecule is CC1NC(=O)C(C(C)C)OC(=O)C2(/C=C/c3ccc4ccc(nc4c3)N(C)N(C)C(=O)C3CCCN(N3)C1=O)COCOC2. The molecule has 1 aromatic heterocycles. The third-order valence-corrected chi connectivity index (χ3v) is 8.27. The van der Waals surface area contributed by atoms with Gasteiger partial charge >= 0.3 is 5.97 Å². The number of carbonyl (C=O) groups is 4. The van der Waals surface area contributed by atoms with Gasteiger partial charge < -0.3 is 19.5 Å². The zero-order chi connectivity index (χ0) is 31.6. The molecule has 3 unspecified atom stereocenters. The predicted octanol–water partition coefficient (Wildman–Crippen LogP) is 1.63. The van der Waals surface area contributed by atoms with Crippen LogP contribution in [0.25, 0.3) is 17.0 Å². The molecule has 44 heavy (non-hydrogen) atoms. The Bertz CT molecular complexity index is 1460. The van der Waals surface area contributed by atoms with Crippen LogP contribution in [0.3, 0.4) is 0 Å². The number of likely N-dealkylation sites (N-methyl/N-ethyl adjacent to an activating group) is 1. The fourth-order valence-corrected chi connectivity index (χ4v) is 5.46. The molecular formula is C31H40N6O7. The van der Waals surface area contributed by atoms with Crippen LogP contribution >= 0.6 is 0 Å². The monoisotopic (exact) mass is 608 g/mol. The van der Waals surface area contributed by atoms with Gasteiger partial charge in [-0.2, -0.15) is 0 Å². The van der Waals surface area contributed by atoms with Crippen LogP contribution < -0.4 is 15.8 Å². The number of pyridine rings is 1. The second-order valence-corrected chi connectivity index (χ2v) is 11.9. The Morgan fingerprint density at radius 2 is 1.73 bits per heavy atom. The number of anilines is 1. The van der Waals surface area contributed by atoms with Gasteiger partial charge in [-0.3, -0.25) is 34.2 Å². The average Bonchev–Trinajstić information content (AvgIpc) is 3.04.